The highest BCUT2D eigenvalue weighted by Crippen LogP contribution is 2.19. The number of thioether (sulfide) groups is 1. The molecule has 1 heterocycles. The van der Waals surface area contributed by atoms with E-state index in [1.54, 1.807) is 12.1 Å². The molecule has 1 aromatic heterocycles. The van der Waals surface area contributed by atoms with Crippen LogP contribution in [0.15, 0.2) is 34.2 Å². The quantitative estimate of drug-likeness (QED) is 0.632. The van der Waals surface area contributed by atoms with Gasteiger partial charge in [-0.1, -0.05) is 35.5 Å². The van der Waals surface area contributed by atoms with Gasteiger partial charge in [0.25, 0.3) is 5.56 Å². The molecule has 0 atom stereocenters. The Morgan fingerprint density at radius 1 is 1.25 bits per heavy atom. The lowest BCUT2D eigenvalue weighted by molar-refractivity contribution is -0.118. The standard InChI is InChI=1S/C17H18ClN3O2S/c18-12-7-5-11(6-8-12)9-19-15(22)10-24-17-20-14-4-2-1-3-13(14)16(23)21-17/h5-8H,1-4,9-10H2,(H,19,22)(H,20,21,23). The molecule has 3 rings (SSSR count). The molecule has 0 saturated carbocycles. The van der Waals surface area contributed by atoms with Crippen LogP contribution >= 0.6 is 23.4 Å². The number of halogens is 1. The Balaban J connectivity index is 1.53. The lowest BCUT2D eigenvalue weighted by atomic mass is 9.97. The van der Waals surface area contributed by atoms with Gasteiger partial charge in [-0.25, -0.2) is 4.98 Å². The summed E-state index contributed by atoms with van der Waals surface area (Å²) in [5.41, 5.74) is 2.61. The predicted octanol–water partition coefficient (Wildman–Crippen LogP) is 2.71. The van der Waals surface area contributed by atoms with Crippen LogP contribution in [-0.4, -0.2) is 21.6 Å². The minimum Gasteiger partial charge on any atom is -0.351 e. The topological polar surface area (TPSA) is 74.8 Å². The van der Waals surface area contributed by atoms with Crippen LogP contribution in [0.4, 0.5) is 0 Å². The third kappa shape index (κ3) is 4.39. The van der Waals surface area contributed by atoms with Crippen molar-refractivity contribution in [1.29, 1.82) is 0 Å². The summed E-state index contributed by atoms with van der Waals surface area (Å²) in [5, 5.41) is 4.03. The molecule has 1 amide bonds. The second kappa shape index (κ2) is 7.85. The Morgan fingerprint density at radius 2 is 2.00 bits per heavy atom. The zero-order valence-corrected chi connectivity index (χ0v) is 14.7. The van der Waals surface area contributed by atoms with E-state index in [1.165, 1.54) is 11.8 Å². The number of amides is 1. The van der Waals surface area contributed by atoms with Crippen molar-refractivity contribution < 1.29 is 4.79 Å². The molecule has 0 radical (unpaired) electrons. The molecule has 1 aromatic carbocycles. The third-order valence-electron chi connectivity index (χ3n) is 3.91. The number of H-pyrrole nitrogens is 1. The first-order chi connectivity index (χ1) is 11.6. The molecule has 0 fully saturated rings. The van der Waals surface area contributed by atoms with Crippen LogP contribution in [0.2, 0.25) is 5.02 Å². The number of carbonyl (C=O) groups is 1. The molecule has 2 N–H and O–H groups in total. The number of hydrogen-bond acceptors (Lipinski definition) is 4. The summed E-state index contributed by atoms with van der Waals surface area (Å²) < 4.78 is 0. The smallest absolute Gasteiger partial charge is 0.254 e. The van der Waals surface area contributed by atoms with Gasteiger partial charge in [0.05, 0.1) is 11.4 Å². The summed E-state index contributed by atoms with van der Waals surface area (Å²) >= 11 is 7.08. The summed E-state index contributed by atoms with van der Waals surface area (Å²) in [4.78, 5) is 31.3. The van der Waals surface area contributed by atoms with Gasteiger partial charge in [0.1, 0.15) is 0 Å². The van der Waals surface area contributed by atoms with Crippen LogP contribution in [0.3, 0.4) is 0 Å². The Bertz CT molecular complexity index is 789. The minimum absolute atomic E-state index is 0.0660. The van der Waals surface area contributed by atoms with Crippen LogP contribution in [0.5, 0.6) is 0 Å². The van der Waals surface area contributed by atoms with E-state index in [9.17, 15) is 9.59 Å². The maximum Gasteiger partial charge on any atom is 0.254 e. The maximum atomic E-state index is 12.0. The van der Waals surface area contributed by atoms with Gasteiger partial charge < -0.3 is 10.3 Å². The van der Waals surface area contributed by atoms with Crippen LogP contribution < -0.4 is 10.9 Å². The van der Waals surface area contributed by atoms with E-state index in [4.69, 9.17) is 11.6 Å². The van der Waals surface area contributed by atoms with Crippen molar-refractivity contribution in [2.24, 2.45) is 0 Å². The van der Waals surface area contributed by atoms with E-state index < -0.39 is 0 Å². The molecule has 0 aliphatic heterocycles. The first-order valence-electron chi connectivity index (χ1n) is 7.88. The van der Waals surface area contributed by atoms with Gasteiger partial charge in [0.15, 0.2) is 5.16 Å². The number of aromatic amines is 1. The van der Waals surface area contributed by atoms with Crippen LogP contribution in [0.1, 0.15) is 29.7 Å². The summed E-state index contributed by atoms with van der Waals surface area (Å²) in [6.45, 7) is 0.449. The normalized spacial score (nSPS) is 13.4. The maximum absolute atomic E-state index is 12.0. The molecule has 126 valence electrons. The highest BCUT2D eigenvalue weighted by molar-refractivity contribution is 7.99. The fourth-order valence-electron chi connectivity index (χ4n) is 2.64. The summed E-state index contributed by atoms with van der Waals surface area (Å²) in [6, 6.07) is 7.33. The largest absolute Gasteiger partial charge is 0.351 e. The number of nitrogens with zero attached hydrogens (tertiary/aromatic N) is 1. The molecule has 24 heavy (non-hydrogen) atoms. The molecule has 2 aromatic rings. The summed E-state index contributed by atoms with van der Waals surface area (Å²) in [6.07, 6.45) is 3.74. The average Bonchev–Trinajstić information content (AvgIpc) is 2.59. The number of hydrogen-bond donors (Lipinski definition) is 2. The highest BCUT2D eigenvalue weighted by Gasteiger charge is 2.16. The Labute approximate surface area is 149 Å². The number of carbonyl (C=O) groups excluding carboxylic acids is 1. The number of benzene rings is 1. The van der Waals surface area contributed by atoms with Crippen LogP contribution in [0.25, 0.3) is 0 Å². The molecule has 0 spiro atoms. The number of aromatic nitrogens is 2. The van der Waals surface area contributed by atoms with E-state index >= 15 is 0 Å². The number of rotatable bonds is 5. The molecule has 5 nitrogen and oxygen atoms in total. The molecule has 7 heteroatoms. The number of nitrogens with one attached hydrogen (secondary N) is 2. The second-order valence-corrected chi connectivity index (χ2v) is 7.10. The van der Waals surface area contributed by atoms with Crippen molar-refractivity contribution in [2.75, 3.05) is 5.75 Å². The van der Waals surface area contributed by atoms with E-state index in [2.05, 4.69) is 15.3 Å². The summed E-state index contributed by atoms with van der Waals surface area (Å²) in [5.74, 6) is 0.116. The molecule has 1 aliphatic carbocycles. The van der Waals surface area contributed by atoms with Crippen molar-refractivity contribution in [1.82, 2.24) is 15.3 Å². The molecule has 0 bridgehead atoms. The first-order valence-corrected chi connectivity index (χ1v) is 9.24. The van der Waals surface area contributed by atoms with E-state index in [1.807, 2.05) is 12.1 Å². The van der Waals surface area contributed by atoms with Crippen molar-refractivity contribution in [3.05, 3.63) is 56.5 Å². The minimum atomic E-state index is -0.102. The van der Waals surface area contributed by atoms with Crippen molar-refractivity contribution in [2.45, 2.75) is 37.4 Å². The fourth-order valence-corrected chi connectivity index (χ4v) is 3.47. The van der Waals surface area contributed by atoms with E-state index in [0.717, 1.165) is 42.5 Å². The number of aryl methyl sites for hydroxylation is 1. The van der Waals surface area contributed by atoms with Gasteiger partial charge in [-0.15, -0.1) is 0 Å². The predicted molar refractivity (Wildman–Crippen MR) is 95.5 cm³/mol. The monoisotopic (exact) mass is 363 g/mol. The molecular weight excluding hydrogens is 346 g/mol. The zero-order valence-electron chi connectivity index (χ0n) is 13.1. The summed E-state index contributed by atoms with van der Waals surface area (Å²) in [7, 11) is 0. The van der Waals surface area contributed by atoms with Crippen molar-refractivity contribution in [3.8, 4) is 0 Å². The zero-order chi connectivity index (χ0) is 16.9. The van der Waals surface area contributed by atoms with E-state index in [0.29, 0.717) is 16.7 Å². The van der Waals surface area contributed by atoms with Gasteiger partial charge >= 0.3 is 0 Å². The lowest BCUT2D eigenvalue weighted by Gasteiger charge is -2.14. The average molecular weight is 364 g/mol. The Morgan fingerprint density at radius 3 is 2.79 bits per heavy atom. The molecular formula is C17H18ClN3O2S. The Hall–Kier alpha value is -1.79. The van der Waals surface area contributed by atoms with Crippen LogP contribution in [0, 0.1) is 0 Å². The lowest BCUT2D eigenvalue weighted by Crippen LogP contribution is -2.25. The highest BCUT2D eigenvalue weighted by atomic mass is 35.5. The van der Waals surface area contributed by atoms with Gasteiger partial charge in [-0.2, -0.15) is 0 Å². The van der Waals surface area contributed by atoms with Crippen molar-refractivity contribution >= 4 is 29.3 Å². The fraction of sp³-hybridized carbons (Fsp3) is 0.353. The number of fused-ring (bicyclic) bond motifs is 1. The SMILES string of the molecule is O=C(CSc1nc2c(c(=O)[nH]1)CCCC2)NCc1ccc(Cl)cc1. The van der Waals surface area contributed by atoms with Gasteiger partial charge in [-0.3, -0.25) is 9.59 Å². The molecule has 0 saturated heterocycles. The second-order valence-electron chi connectivity index (χ2n) is 5.70. The van der Waals surface area contributed by atoms with E-state index in [-0.39, 0.29) is 17.2 Å². The first kappa shape index (κ1) is 17.0. The van der Waals surface area contributed by atoms with Gasteiger partial charge in [0.2, 0.25) is 5.91 Å². The molecule has 1 aliphatic rings. The van der Waals surface area contributed by atoms with Crippen LogP contribution in [-0.2, 0) is 24.2 Å². The van der Waals surface area contributed by atoms with Crippen molar-refractivity contribution in [3.63, 3.8) is 0 Å². The molecule has 0 unspecified atom stereocenters. The Kier molecular flexibility index (Phi) is 5.58. The van der Waals surface area contributed by atoms with Gasteiger partial charge in [0, 0.05) is 17.1 Å². The third-order valence-corrected chi connectivity index (χ3v) is 5.04. The van der Waals surface area contributed by atoms with Gasteiger partial charge in [-0.05, 0) is 43.4 Å².